The van der Waals surface area contributed by atoms with Gasteiger partial charge in [-0.1, -0.05) is 0 Å². The highest BCUT2D eigenvalue weighted by Crippen LogP contribution is 2.29. The average Bonchev–Trinajstić information content (AvgIpc) is 3.19. The van der Waals surface area contributed by atoms with Gasteiger partial charge in [-0.2, -0.15) is 9.57 Å². The molecule has 0 spiro atoms. The Bertz CT molecular complexity index is 972. The van der Waals surface area contributed by atoms with Crippen LogP contribution in [0.3, 0.4) is 0 Å². The summed E-state index contributed by atoms with van der Waals surface area (Å²) in [6.07, 6.45) is 2.22. The van der Waals surface area contributed by atoms with E-state index in [-0.39, 0.29) is 34.8 Å². The molecular weight excluding hydrogens is 390 g/mol. The van der Waals surface area contributed by atoms with Gasteiger partial charge in [0.25, 0.3) is 0 Å². The first kappa shape index (κ1) is 19.3. The third-order valence-electron chi connectivity index (χ3n) is 4.19. The molecule has 0 radical (unpaired) electrons. The Morgan fingerprint density at radius 3 is 2.78 bits per heavy atom. The number of esters is 1. The molecule has 0 N–H and O–H groups in total. The second kappa shape index (κ2) is 8.04. The normalized spacial score (nSPS) is 15.9. The van der Waals surface area contributed by atoms with Crippen molar-refractivity contribution < 1.29 is 22.7 Å². The van der Waals surface area contributed by atoms with Crippen molar-refractivity contribution in [3.05, 3.63) is 40.2 Å². The Morgan fingerprint density at radius 1 is 1.37 bits per heavy atom. The van der Waals surface area contributed by atoms with E-state index < -0.39 is 16.0 Å². The number of pyridine rings is 1. The van der Waals surface area contributed by atoms with Gasteiger partial charge in [0.2, 0.25) is 15.9 Å². The largest absolute Gasteiger partial charge is 0.473 e. The summed E-state index contributed by atoms with van der Waals surface area (Å²) in [6.45, 7) is 0.496. The fraction of sp³-hybridized carbons (Fsp3) is 0.353. The fourth-order valence-corrected chi connectivity index (χ4v) is 5.58. The highest BCUT2D eigenvalue weighted by molar-refractivity contribution is 7.89. The van der Waals surface area contributed by atoms with Crippen molar-refractivity contribution in [3.63, 3.8) is 0 Å². The molecule has 3 rings (SSSR count). The molecule has 0 aromatic carbocycles. The Morgan fingerprint density at radius 2 is 2.11 bits per heavy atom. The second-order valence-electron chi connectivity index (χ2n) is 5.79. The SMILES string of the molecule is COC(=O)c1sccc1S(=O)(=O)N1CCC(Oc2ncccc2C#N)CC1. The van der Waals surface area contributed by atoms with E-state index >= 15 is 0 Å². The lowest BCUT2D eigenvalue weighted by atomic mass is 10.1. The number of nitrogens with zero attached hydrogens (tertiary/aromatic N) is 3. The van der Waals surface area contributed by atoms with Crippen LogP contribution in [0.25, 0.3) is 0 Å². The number of piperidine rings is 1. The van der Waals surface area contributed by atoms with Gasteiger partial charge in [0, 0.05) is 19.3 Å². The van der Waals surface area contributed by atoms with Crippen LogP contribution in [0.2, 0.25) is 0 Å². The molecular formula is C17H17N3O5S2. The number of rotatable bonds is 5. The van der Waals surface area contributed by atoms with E-state index in [1.807, 2.05) is 6.07 Å². The van der Waals surface area contributed by atoms with Gasteiger partial charge in [0.05, 0.1) is 7.11 Å². The highest BCUT2D eigenvalue weighted by Gasteiger charge is 2.34. The number of ether oxygens (including phenoxy) is 2. The van der Waals surface area contributed by atoms with Crippen molar-refractivity contribution in [2.24, 2.45) is 0 Å². The van der Waals surface area contributed by atoms with Gasteiger partial charge in [-0.25, -0.2) is 18.2 Å². The highest BCUT2D eigenvalue weighted by atomic mass is 32.2. The zero-order valence-corrected chi connectivity index (χ0v) is 16.1. The molecule has 1 aliphatic heterocycles. The molecule has 27 heavy (non-hydrogen) atoms. The van der Waals surface area contributed by atoms with E-state index in [0.29, 0.717) is 18.4 Å². The van der Waals surface area contributed by atoms with Crippen molar-refractivity contribution >= 4 is 27.3 Å². The van der Waals surface area contributed by atoms with Crippen molar-refractivity contribution in [3.8, 4) is 11.9 Å². The number of hydrogen-bond acceptors (Lipinski definition) is 8. The van der Waals surface area contributed by atoms with Crippen LogP contribution in [-0.4, -0.2) is 50.0 Å². The van der Waals surface area contributed by atoms with Crippen molar-refractivity contribution in [2.75, 3.05) is 20.2 Å². The third kappa shape index (κ3) is 3.95. The van der Waals surface area contributed by atoms with Gasteiger partial charge in [-0.3, -0.25) is 0 Å². The number of thiophene rings is 1. The minimum absolute atomic E-state index is 0.0322. The maximum atomic E-state index is 12.9. The van der Waals surface area contributed by atoms with Gasteiger partial charge in [0.15, 0.2) is 0 Å². The minimum Gasteiger partial charge on any atom is -0.473 e. The van der Waals surface area contributed by atoms with E-state index in [9.17, 15) is 13.2 Å². The first-order valence-corrected chi connectivity index (χ1v) is 10.5. The molecule has 1 fully saturated rings. The fourth-order valence-electron chi connectivity index (χ4n) is 2.80. The quantitative estimate of drug-likeness (QED) is 0.698. The van der Waals surface area contributed by atoms with Gasteiger partial charge >= 0.3 is 5.97 Å². The van der Waals surface area contributed by atoms with E-state index in [2.05, 4.69) is 9.72 Å². The first-order chi connectivity index (χ1) is 13.0. The van der Waals surface area contributed by atoms with Crippen molar-refractivity contribution in [1.29, 1.82) is 5.26 Å². The van der Waals surface area contributed by atoms with Crippen LogP contribution in [0.15, 0.2) is 34.7 Å². The lowest BCUT2D eigenvalue weighted by Crippen LogP contribution is -2.42. The summed E-state index contributed by atoms with van der Waals surface area (Å²) in [6, 6.07) is 6.71. The smallest absolute Gasteiger partial charge is 0.349 e. The molecule has 1 saturated heterocycles. The Hall–Kier alpha value is -2.48. The summed E-state index contributed by atoms with van der Waals surface area (Å²) in [7, 11) is -2.58. The van der Waals surface area contributed by atoms with E-state index in [0.717, 1.165) is 11.3 Å². The Balaban J connectivity index is 1.69. The molecule has 1 aliphatic rings. The molecule has 2 aromatic rings. The predicted molar refractivity (Wildman–Crippen MR) is 97.0 cm³/mol. The van der Waals surface area contributed by atoms with E-state index in [4.69, 9.17) is 10.00 Å². The van der Waals surface area contributed by atoms with E-state index in [1.54, 1.807) is 23.7 Å². The molecule has 0 bridgehead atoms. The van der Waals surface area contributed by atoms with Gasteiger partial charge < -0.3 is 9.47 Å². The molecule has 142 valence electrons. The maximum absolute atomic E-state index is 12.9. The first-order valence-electron chi connectivity index (χ1n) is 8.15. The Labute approximate surface area is 161 Å². The van der Waals surface area contributed by atoms with Gasteiger partial charge in [0.1, 0.15) is 27.5 Å². The summed E-state index contributed by atoms with van der Waals surface area (Å²) >= 11 is 1.04. The zero-order valence-electron chi connectivity index (χ0n) is 14.5. The van der Waals surface area contributed by atoms with Crippen LogP contribution >= 0.6 is 11.3 Å². The summed E-state index contributed by atoms with van der Waals surface area (Å²) in [5, 5.41) is 10.7. The average molecular weight is 407 g/mol. The second-order valence-corrected chi connectivity index (χ2v) is 8.62. The number of carbonyl (C=O) groups excluding carboxylic acids is 1. The van der Waals surface area contributed by atoms with Crippen molar-refractivity contribution in [1.82, 2.24) is 9.29 Å². The molecule has 0 unspecified atom stereocenters. The van der Waals surface area contributed by atoms with Gasteiger partial charge in [-0.15, -0.1) is 11.3 Å². The third-order valence-corrected chi connectivity index (χ3v) is 7.15. The van der Waals surface area contributed by atoms with Crippen LogP contribution in [0.1, 0.15) is 28.1 Å². The maximum Gasteiger partial charge on any atom is 0.349 e. The molecule has 8 nitrogen and oxygen atoms in total. The van der Waals surface area contributed by atoms with Crippen LogP contribution in [0, 0.1) is 11.3 Å². The summed E-state index contributed by atoms with van der Waals surface area (Å²) < 4.78 is 37.5. The summed E-state index contributed by atoms with van der Waals surface area (Å²) in [5.74, 6) is -0.409. The minimum atomic E-state index is -3.79. The molecule has 0 aliphatic carbocycles. The zero-order chi connectivity index (χ0) is 19.4. The van der Waals surface area contributed by atoms with Crippen LogP contribution in [-0.2, 0) is 14.8 Å². The van der Waals surface area contributed by atoms with Crippen molar-refractivity contribution in [2.45, 2.75) is 23.8 Å². The predicted octanol–water partition coefficient (Wildman–Crippen LogP) is 2.03. The lowest BCUT2D eigenvalue weighted by molar-refractivity contribution is 0.0602. The summed E-state index contributed by atoms with van der Waals surface area (Å²) in [5.41, 5.74) is 0.341. The van der Waals surface area contributed by atoms with E-state index in [1.165, 1.54) is 17.5 Å². The van der Waals surface area contributed by atoms with Crippen LogP contribution in [0.5, 0.6) is 5.88 Å². The van der Waals surface area contributed by atoms with Crippen LogP contribution < -0.4 is 4.74 Å². The number of nitriles is 1. The molecule has 0 atom stereocenters. The number of methoxy groups -OCH3 is 1. The molecule has 2 aromatic heterocycles. The number of aromatic nitrogens is 1. The number of sulfonamides is 1. The summed E-state index contributed by atoms with van der Waals surface area (Å²) in [4.78, 5) is 15.9. The number of hydrogen-bond donors (Lipinski definition) is 0. The monoisotopic (exact) mass is 407 g/mol. The molecule has 0 saturated carbocycles. The molecule has 10 heteroatoms. The number of carbonyl (C=O) groups is 1. The van der Waals surface area contributed by atoms with Crippen LogP contribution in [0.4, 0.5) is 0 Å². The molecule has 3 heterocycles. The lowest BCUT2D eigenvalue weighted by Gasteiger charge is -2.31. The Kier molecular flexibility index (Phi) is 5.74. The molecule has 0 amide bonds. The topological polar surface area (TPSA) is 110 Å². The van der Waals surface area contributed by atoms with Gasteiger partial charge in [-0.05, 0) is 36.4 Å². The standard InChI is InChI=1S/C17H17N3O5S2/c1-24-17(21)15-14(6-10-26-15)27(22,23)20-8-4-13(5-9-20)25-16-12(11-18)3-2-7-19-16/h2-3,6-7,10,13H,4-5,8-9H2,1H3.